The van der Waals surface area contributed by atoms with Gasteiger partial charge in [-0.1, -0.05) is 0 Å². The van der Waals surface area contributed by atoms with Gasteiger partial charge in [-0.15, -0.1) is 13.2 Å². The number of hydrogen-bond donors (Lipinski definition) is 0. The first kappa shape index (κ1) is 15.6. The zero-order valence-corrected chi connectivity index (χ0v) is 12.7. The van der Waals surface area contributed by atoms with E-state index in [-0.39, 0.29) is 11.5 Å². The zero-order chi connectivity index (χ0) is 15.6. The van der Waals surface area contributed by atoms with E-state index in [9.17, 15) is 13.2 Å². The molecule has 0 saturated heterocycles. The van der Waals surface area contributed by atoms with Gasteiger partial charge in [-0.25, -0.2) is 0 Å². The van der Waals surface area contributed by atoms with Crippen LogP contribution in [-0.4, -0.2) is 18.5 Å². The van der Waals surface area contributed by atoms with Crippen LogP contribution in [0.2, 0.25) is 0 Å². The van der Waals surface area contributed by atoms with Gasteiger partial charge in [0.25, 0.3) is 0 Å². The van der Waals surface area contributed by atoms with E-state index < -0.39 is 6.36 Å². The van der Waals surface area contributed by atoms with Crippen molar-refractivity contribution < 1.29 is 22.6 Å². The Balaban J connectivity index is 2.45. The number of benzene rings is 1. The molecule has 1 heterocycles. The van der Waals surface area contributed by atoms with Crippen LogP contribution in [0.1, 0.15) is 5.56 Å². The van der Waals surface area contributed by atoms with Crippen molar-refractivity contribution in [3.05, 3.63) is 40.5 Å². The molecule has 2 rings (SSSR count). The molecule has 2 aromatic rings. The fourth-order valence-electron chi connectivity index (χ4n) is 1.89. The van der Waals surface area contributed by atoms with Gasteiger partial charge in [-0.2, -0.15) is 0 Å². The van der Waals surface area contributed by atoms with Crippen molar-refractivity contribution >= 4 is 15.9 Å². The molecule has 21 heavy (non-hydrogen) atoms. The molecule has 0 spiro atoms. The van der Waals surface area contributed by atoms with E-state index in [1.807, 2.05) is 13.0 Å². The Kier molecular flexibility index (Phi) is 4.41. The van der Waals surface area contributed by atoms with Gasteiger partial charge in [0.1, 0.15) is 11.5 Å². The molecule has 0 aliphatic carbocycles. The molecule has 0 amide bonds. The minimum absolute atomic E-state index is 0.259. The molecule has 0 saturated carbocycles. The second-order valence-corrected chi connectivity index (χ2v) is 5.14. The van der Waals surface area contributed by atoms with Crippen LogP contribution in [0.5, 0.6) is 11.5 Å². The van der Waals surface area contributed by atoms with Gasteiger partial charge in [0.15, 0.2) is 0 Å². The molecule has 0 aliphatic rings. The molecule has 3 nitrogen and oxygen atoms in total. The van der Waals surface area contributed by atoms with Gasteiger partial charge in [0.05, 0.1) is 12.8 Å². The van der Waals surface area contributed by atoms with Gasteiger partial charge in [-0.05, 0) is 46.6 Å². The summed E-state index contributed by atoms with van der Waals surface area (Å²) < 4.78 is 46.5. The van der Waals surface area contributed by atoms with E-state index in [0.29, 0.717) is 11.3 Å². The second kappa shape index (κ2) is 5.93. The number of aromatic nitrogens is 1. The second-order valence-electron chi connectivity index (χ2n) is 4.23. The van der Waals surface area contributed by atoms with Crippen molar-refractivity contribution in [3.8, 4) is 22.8 Å². The molecular formula is C14H11BrF3NO2. The number of alkyl halides is 3. The highest BCUT2D eigenvalue weighted by Crippen LogP contribution is 2.35. The Morgan fingerprint density at radius 3 is 2.48 bits per heavy atom. The lowest BCUT2D eigenvalue weighted by atomic mass is 10.1. The molecular weight excluding hydrogens is 351 g/mol. The predicted molar refractivity (Wildman–Crippen MR) is 75.3 cm³/mol. The summed E-state index contributed by atoms with van der Waals surface area (Å²) in [6.07, 6.45) is -3.12. The van der Waals surface area contributed by atoms with Crippen LogP contribution in [0.15, 0.2) is 34.9 Å². The molecule has 0 N–H and O–H groups in total. The lowest BCUT2D eigenvalue weighted by molar-refractivity contribution is -0.274. The molecule has 1 aromatic heterocycles. The van der Waals surface area contributed by atoms with Crippen LogP contribution < -0.4 is 9.47 Å². The number of methoxy groups -OCH3 is 1. The quantitative estimate of drug-likeness (QED) is 0.791. The highest BCUT2D eigenvalue weighted by Gasteiger charge is 2.31. The number of rotatable bonds is 3. The summed E-state index contributed by atoms with van der Waals surface area (Å²) in [7, 11) is 1.38. The Morgan fingerprint density at radius 2 is 1.90 bits per heavy atom. The van der Waals surface area contributed by atoms with E-state index >= 15 is 0 Å². The Bertz CT molecular complexity index is 659. The van der Waals surface area contributed by atoms with Crippen LogP contribution >= 0.6 is 15.9 Å². The Labute approximate surface area is 127 Å². The summed E-state index contributed by atoms with van der Waals surface area (Å²) in [4.78, 5) is 4.27. The third-order valence-electron chi connectivity index (χ3n) is 2.71. The first-order valence-electron chi connectivity index (χ1n) is 5.86. The summed E-state index contributed by atoms with van der Waals surface area (Å²) in [5.41, 5.74) is 2.10. The molecule has 0 unspecified atom stereocenters. The number of hydrogen-bond acceptors (Lipinski definition) is 3. The van der Waals surface area contributed by atoms with Gasteiger partial charge in [0, 0.05) is 22.3 Å². The summed E-state index contributed by atoms with van der Waals surface area (Å²) in [6.45, 7) is 1.85. The molecule has 0 radical (unpaired) electrons. The zero-order valence-electron chi connectivity index (χ0n) is 11.2. The van der Waals surface area contributed by atoms with E-state index in [0.717, 1.165) is 10.0 Å². The molecule has 0 aliphatic heterocycles. The summed E-state index contributed by atoms with van der Waals surface area (Å²) in [5, 5.41) is 0. The maximum atomic E-state index is 12.2. The monoisotopic (exact) mass is 361 g/mol. The normalized spacial score (nSPS) is 11.3. The summed E-state index contributed by atoms with van der Waals surface area (Å²) >= 11 is 3.31. The summed E-state index contributed by atoms with van der Waals surface area (Å²) in [5.74, 6) is -0.0764. The van der Waals surface area contributed by atoms with Crippen molar-refractivity contribution in [1.82, 2.24) is 4.98 Å². The highest BCUT2D eigenvalue weighted by atomic mass is 79.9. The van der Waals surface area contributed by atoms with E-state index in [2.05, 4.69) is 25.7 Å². The maximum absolute atomic E-state index is 12.2. The predicted octanol–water partition coefficient (Wildman–Crippen LogP) is 4.73. The topological polar surface area (TPSA) is 31.4 Å². The van der Waals surface area contributed by atoms with E-state index in [4.69, 9.17) is 4.74 Å². The van der Waals surface area contributed by atoms with Crippen molar-refractivity contribution in [2.75, 3.05) is 7.11 Å². The lowest BCUT2D eigenvalue weighted by Gasteiger charge is -2.14. The van der Waals surface area contributed by atoms with Crippen LogP contribution in [-0.2, 0) is 0 Å². The van der Waals surface area contributed by atoms with Gasteiger partial charge >= 0.3 is 6.36 Å². The average Bonchev–Trinajstić information content (AvgIpc) is 2.37. The first-order chi connectivity index (χ1) is 9.80. The number of ether oxygens (including phenoxy) is 2. The van der Waals surface area contributed by atoms with E-state index in [1.165, 1.54) is 25.3 Å². The lowest BCUT2D eigenvalue weighted by Crippen LogP contribution is -2.17. The van der Waals surface area contributed by atoms with Crippen LogP contribution in [0.3, 0.4) is 0 Å². The summed E-state index contributed by atoms with van der Waals surface area (Å²) in [6, 6.07) is 5.77. The Morgan fingerprint density at radius 1 is 1.19 bits per heavy atom. The number of halogens is 4. The molecule has 112 valence electrons. The molecule has 0 fully saturated rings. The van der Waals surface area contributed by atoms with Crippen molar-refractivity contribution in [2.24, 2.45) is 0 Å². The molecule has 7 heteroatoms. The fraction of sp³-hybridized carbons (Fsp3) is 0.214. The molecule has 0 bridgehead atoms. The highest BCUT2D eigenvalue weighted by molar-refractivity contribution is 9.10. The minimum atomic E-state index is -4.74. The van der Waals surface area contributed by atoms with E-state index in [1.54, 1.807) is 6.20 Å². The number of aryl methyl sites for hydroxylation is 1. The number of pyridine rings is 1. The fourth-order valence-corrected chi connectivity index (χ4v) is 2.33. The third-order valence-corrected chi connectivity index (χ3v) is 3.14. The van der Waals surface area contributed by atoms with Crippen molar-refractivity contribution in [2.45, 2.75) is 13.3 Å². The van der Waals surface area contributed by atoms with Gasteiger partial charge in [-0.3, -0.25) is 4.98 Å². The largest absolute Gasteiger partial charge is 0.573 e. The van der Waals surface area contributed by atoms with Gasteiger partial charge in [0.2, 0.25) is 0 Å². The van der Waals surface area contributed by atoms with Gasteiger partial charge < -0.3 is 9.47 Å². The minimum Gasteiger partial charge on any atom is -0.496 e. The number of nitrogens with zero attached hydrogens (tertiary/aromatic N) is 1. The smallest absolute Gasteiger partial charge is 0.496 e. The molecule has 0 atom stereocenters. The van der Waals surface area contributed by atoms with Crippen molar-refractivity contribution in [3.63, 3.8) is 0 Å². The average molecular weight is 362 g/mol. The van der Waals surface area contributed by atoms with Crippen LogP contribution in [0.4, 0.5) is 13.2 Å². The van der Waals surface area contributed by atoms with Crippen LogP contribution in [0, 0.1) is 6.92 Å². The van der Waals surface area contributed by atoms with Crippen LogP contribution in [0.25, 0.3) is 11.3 Å². The SMILES string of the molecule is COc1cc(OC(F)(F)F)ccc1-c1ncc(Br)cc1C. The van der Waals surface area contributed by atoms with Crippen molar-refractivity contribution in [1.29, 1.82) is 0 Å². The standard InChI is InChI=1S/C14H11BrF3NO2/c1-8-5-9(15)7-19-13(8)11-4-3-10(6-12(11)20-2)21-14(16,17)18/h3-7H,1-2H3. The maximum Gasteiger partial charge on any atom is 0.573 e. The first-order valence-corrected chi connectivity index (χ1v) is 6.66. The third kappa shape index (κ3) is 3.87. The molecule has 1 aromatic carbocycles. The Hall–Kier alpha value is -1.76.